The highest BCUT2D eigenvalue weighted by atomic mass is 15.1. The van der Waals surface area contributed by atoms with Crippen molar-refractivity contribution in [3.8, 4) is 0 Å². The number of hydrogen-bond acceptors (Lipinski definition) is 2. The molecule has 82 valence electrons. The topological polar surface area (TPSA) is 29.3 Å². The molecule has 0 heterocycles. The summed E-state index contributed by atoms with van der Waals surface area (Å²) in [5, 5.41) is 0. The maximum Gasteiger partial charge on any atom is 0.0346 e. The number of nitrogens with two attached hydrogens (primary N) is 1. The molecule has 2 rings (SSSR count). The van der Waals surface area contributed by atoms with Crippen LogP contribution in [0.1, 0.15) is 24.0 Å². The van der Waals surface area contributed by atoms with Crippen molar-refractivity contribution in [3.05, 3.63) is 29.3 Å². The monoisotopic (exact) mass is 204 g/mol. The van der Waals surface area contributed by atoms with E-state index in [1.165, 1.54) is 30.5 Å². The molecule has 2 N–H and O–H groups in total. The third kappa shape index (κ3) is 2.72. The van der Waals surface area contributed by atoms with Crippen molar-refractivity contribution in [2.45, 2.75) is 26.3 Å². The zero-order chi connectivity index (χ0) is 10.8. The highest BCUT2D eigenvalue weighted by molar-refractivity contribution is 5.49. The summed E-state index contributed by atoms with van der Waals surface area (Å²) < 4.78 is 0. The Morgan fingerprint density at radius 1 is 1.40 bits per heavy atom. The van der Waals surface area contributed by atoms with Crippen LogP contribution in [-0.4, -0.2) is 18.5 Å². The summed E-state index contributed by atoms with van der Waals surface area (Å²) in [7, 11) is 2.20. The molecule has 0 atom stereocenters. The Morgan fingerprint density at radius 3 is 2.80 bits per heavy atom. The van der Waals surface area contributed by atoms with Gasteiger partial charge < -0.3 is 10.6 Å². The van der Waals surface area contributed by atoms with E-state index in [2.05, 4.69) is 24.9 Å². The third-order valence-electron chi connectivity index (χ3n) is 3.19. The average Bonchev–Trinajstić information content (AvgIpc) is 2.97. The molecule has 2 heteroatoms. The predicted octanol–water partition coefficient (Wildman–Crippen LogP) is 2.42. The molecular formula is C13H20N2. The van der Waals surface area contributed by atoms with Crippen LogP contribution in [0, 0.1) is 12.8 Å². The van der Waals surface area contributed by atoms with Crippen molar-refractivity contribution in [2.24, 2.45) is 5.92 Å². The second-order valence-electron chi connectivity index (χ2n) is 4.77. The smallest absolute Gasteiger partial charge is 0.0346 e. The zero-order valence-corrected chi connectivity index (χ0v) is 9.66. The normalized spacial score (nSPS) is 15.9. The van der Waals surface area contributed by atoms with Gasteiger partial charge in [-0.2, -0.15) is 0 Å². The molecule has 0 saturated heterocycles. The summed E-state index contributed by atoms with van der Waals surface area (Å²) in [6, 6.07) is 6.19. The van der Waals surface area contributed by atoms with Gasteiger partial charge in [-0.15, -0.1) is 0 Å². The lowest BCUT2D eigenvalue weighted by Gasteiger charge is -2.18. The Balaban J connectivity index is 1.99. The van der Waals surface area contributed by atoms with Gasteiger partial charge in [-0.25, -0.2) is 0 Å². The van der Waals surface area contributed by atoms with Crippen molar-refractivity contribution in [2.75, 3.05) is 19.3 Å². The average molecular weight is 204 g/mol. The largest absolute Gasteiger partial charge is 0.399 e. The molecule has 0 amide bonds. The summed E-state index contributed by atoms with van der Waals surface area (Å²) >= 11 is 0. The number of hydrogen-bond donors (Lipinski definition) is 1. The summed E-state index contributed by atoms with van der Waals surface area (Å²) in [4.78, 5) is 2.40. The first-order chi connectivity index (χ1) is 7.16. The van der Waals surface area contributed by atoms with E-state index < -0.39 is 0 Å². The highest BCUT2D eigenvalue weighted by Gasteiger charge is 2.22. The van der Waals surface area contributed by atoms with Crippen LogP contribution in [0.3, 0.4) is 0 Å². The minimum Gasteiger partial charge on any atom is -0.399 e. The summed E-state index contributed by atoms with van der Waals surface area (Å²) in [5.74, 6) is 0.955. The molecular weight excluding hydrogens is 184 g/mol. The van der Waals surface area contributed by atoms with Gasteiger partial charge in [0.15, 0.2) is 0 Å². The van der Waals surface area contributed by atoms with E-state index in [4.69, 9.17) is 5.73 Å². The summed E-state index contributed by atoms with van der Waals surface area (Å²) in [5.41, 5.74) is 9.40. The fourth-order valence-corrected chi connectivity index (χ4v) is 1.97. The molecule has 0 radical (unpaired) electrons. The minimum atomic E-state index is 0.910. The van der Waals surface area contributed by atoms with E-state index in [9.17, 15) is 0 Å². The van der Waals surface area contributed by atoms with Gasteiger partial charge in [0.1, 0.15) is 0 Å². The van der Waals surface area contributed by atoms with Gasteiger partial charge in [0.2, 0.25) is 0 Å². The Hall–Kier alpha value is -1.02. The second-order valence-corrected chi connectivity index (χ2v) is 4.77. The zero-order valence-electron chi connectivity index (χ0n) is 9.66. The molecule has 0 aromatic heterocycles. The summed E-state index contributed by atoms with van der Waals surface area (Å²) in [6.45, 7) is 4.36. The van der Waals surface area contributed by atoms with E-state index >= 15 is 0 Å². The Bertz CT molecular complexity index is 342. The number of nitrogen functional groups attached to an aromatic ring is 1. The molecule has 1 aromatic rings. The molecule has 1 saturated carbocycles. The SMILES string of the molecule is Cc1c(N)cccc1CN(C)CC1CC1. The van der Waals surface area contributed by atoms with Gasteiger partial charge >= 0.3 is 0 Å². The molecule has 0 bridgehead atoms. The van der Waals surface area contributed by atoms with Crippen LogP contribution in [0.15, 0.2) is 18.2 Å². The van der Waals surface area contributed by atoms with Crippen molar-refractivity contribution >= 4 is 5.69 Å². The lowest BCUT2D eigenvalue weighted by Crippen LogP contribution is -2.21. The Morgan fingerprint density at radius 2 is 2.13 bits per heavy atom. The maximum absolute atomic E-state index is 5.89. The fraction of sp³-hybridized carbons (Fsp3) is 0.538. The molecule has 2 nitrogen and oxygen atoms in total. The van der Waals surface area contributed by atoms with Crippen LogP contribution in [-0.2, 0) is 6.54 Å². The van der Waals surface area contributed by atoms with Crippen LogP contribution in [0.2, 0.25) is 0 Å². The first-order valence-corrected chi connectivity index (χ1v) is 5.69. The van der Waals surface area contributed by atoms with E-state index in [-0.39, 0.29) is 0 Å². The van der Waals surface area contributed by atoms with Crippen LogP contribution >= 0.6 is 0 Å². The van der Waals surface area contributed by atoms with Gasteiger partial charge in [-0.3, -0.25) is 0 Å². The van der Waals surface area contributed by atoms with Gasteiger partial charge in [-0.1, -0.05) is 12.1 Å². The Kier molecular flexibility index (Phi) is 2.96. The Labute approximate surface area is 92.1 Å². The third-order valence-corrected chi connectivity index (χ3v) is 3.19. The molecule has 1 fully saturated rings. The number of rotatable bonds is 4. The van der Waals surface area contributed by atoms with Crippen molar-refractivity contribution in [1.82, 2.24) is 4.90 Å². The van der Waals surface area contributed by atoms with Gasteiger partial charge in [0, 0.05) is 18.8 Å². The van der Waals surface area contributed by atoms with Gasteiger partial charge in [-0.05, 0) is 49.9 Å². The van der Waals surface area contributed by atoms with Crippen molar-refractivity contribution < 1.29 is 0 Å². The molecule has 0 unspecified atom stereocenters. The maximum atomic E-state index is 5.89. The van der Waals surface area contributed by atoms with Crippen LogP contribution in [0.5, 0.6) is 0 Å². The molecule has 1 aromatic carbocycles. The molecule has 1 aliphatic carbocycles. The van der Waals surface area contributed by atoms with E-state index in [1.807, 2.05) is 12.1 Å². The minimum absolute atomic E-state index is 0.910. The van der Waals surface area contributed by atoms with Crippen LogP contribution in [0.4, 0.5) is 5.69 Å². The standard InChI is InChI=1S/C13H20N2/c1-10-12(4-3-5-13(10)14)9-15(2)8-11-6-7-11/h3-5,11H,6-9,14H2,1-2H3. The van der Waals surface area contributed by atoms with Crippen molar-refractivity contribution in [3.63, 3.8) is 0 Å². The quantitative estimate of drug-likeness (QED) is 0.763. The number of nitrogens with zero attached hydrogens (tertiary/aromatic N) is 1. The van der Waals surface area contributed by atoms with E-state index in [1.54, 1.807) is 0 Å². The molecule has 15 heavy (non-hydrogen) atoms. The number of benzene rings is 1. The fourth-order valence-electron chi connectivity index (χ4n) is 1.97. The van der Waals surface area contributed by atoms with Gasteiger partial charge in [0.25, 0.3) is 0 Å². The molecule has 1 aliphatic rings. The first-order valence-electron chi connectivity index (χ1n) is 5.69. The highest BCUT2D eigenvalue weighted by Crippen LogP contribution is 2.30. The lowest BCUT2D eigenvalue weighted by molar-refractivity contribution is 0.312. The van der Waals surface area contributed by atoms with Gasteiger partial charge in [0.05, 0.1) is 0 Å². The van der Waals surface area contributed by atoms with Crippen LogP contribution in [0.25, 0.3) is 0 Å². The predicted molar refractivity (Wildman–Crippen MR) is 64.6 cm³/mol. The second kappa shape index (κ2) is 4.23. The first kappa shape index (κ1) is 10.5. The number of anilines is 1. The van der Waals surface area contributed by atoms with E-state index in [0.717, 1.165) is 18.2 Å². The van der Waals surface area contributed by atoms with E-state index in [0.29, 0.717) is 0 Å². The molecule has 0 aliphatic heterocycles. The molecule has 0 spiro atoms. The van der Waals surface area contributed by atoms with Crippen LogP contribution < -0.4 is 5.73 Å². The lowest BCUT2D eigenvalue weighted by atomic mass is 10.1. The summed E-state index contributed by atoms with van der Waals surface area (Å²) in [6.07, 6.45) is 2.83. The van der Waals surface area contributed by atoms with Crippen molar-refractivity contribution in [1.29, 1.82) is 0 Å².